The maximum atomic E-state index is 12.7. The summed E-state index contributed by atoms with van der Waals surface area (Å²) in [6.07, 6.45) is 1.84. The summed E-state index contributed by atoms with van der Waals surface area (Å²) in [5.41, 5.74) is 0.541. The molecular formula is C18H26N2O5. The zero-order valence-corrected chi connectivity index (χ0v) is 15.0. The molecule has 7 heteroatoms. The van der Waals surface area contributed by atoms with E-state index in [1.807, 2.05) is 0 Å². The molecule has 0 unspecified atom stereocenters. The summed E-state index contributed by atoms with van der Waals surface area (Å²) in [6.45, 7) is 1.63. The van der Waals surface area contributed by atoms with Crippen LogP contribution in [0, 0.1) is 0 Å². The van der Waals surface area contributed by atoms with Crippen LogP contribution in [0.1, 0.15) is 29.6 Å². The van der Waals surface area contributed by atoms with Crippen LogP contribution < -0.4 is 14.8 Å². The Labute approximate surface area is 148 Å². The lowest BCUT2D eigenvalue weighted by Gasteiger charge is -2.32. The SMILES string of the molecule is COCCC(=O)NC1CCN(C(=O)c2cc(OC)cc(OC)c2)CC1. The van der Waals surface area contributed by atoms with E-state index in [-0.39, 0.29) is 17.9 Å². The predicted molar refractivity (Wildman–Crippen MR) is 93.1 cm³/mol. The molecule has 0 aliphatic carbocycles. The number of rotatable bonds is 7. The maximum absolute atomic E-state index is 12.7. The van der Waals surface area contributed by atoms with Crippen LogP contribution in [-0.2, 0) is 9.53 Å². The Kier molecular flexibility index (Phi) is 7.06. The van der Waals surface area contributed by atoms with Gasteiger partial charge in [0.05, 0.1) is 20.8 Å². The Morgan fingerprint density at radius 2 is 1.68 bits per heavy atom. The van der Waals surface area contributed by atoms with Gasteiger partial charge in [0.1, 0.15) is 11.5 Å². The standard InChI is InChI=1S/C18H26N2O5/c1-23-9-6-17(21)19-14-4-7-20(8-5-14)18(22)13-10-15(24-2)12-16(11-13)25-3/h10-12,14H,4-9H2,1-3H3,(H,19,21). The van der Waals surface area contributed by atoms with Gasteiger partial charge < -0.3 is 24.4 Å². The molecule has 1 fully saturated rings. The molecule has 1 saturated heterocycles. The summed E-state index contributed by atoms with van der Waals surface area (Å²) in [5, 5.41) is 2.99. The van der Waals surface area contributed by atoms with Crippen LogP contribution in [0.2, 0.25) is 0 Å². The monoisotopic (exact) mass is 350 g/mol. The highest BCUT2D eigenvalue weighted by molar-refractivity contribution is 5.95. The van der Waals surface area contributed by atoms with Gasteiger partial charge in [0, 0.05) is 44.3 Å². The second-order valence-corrected chi connectivity index (χ2v) is 5.98. The quantitative estimate of drug-likeness (QED) is 0.806. The molecule has 1 aliphatic heterocycles. The molecular weight excluding hydrogens is 324 g/mol. The van der Waals surface area contributed by atoms with Gasteiger partial charge >= 0.3 is 0 Å². The molecule has 1 aliphatic rings. The van der Waals surface area contributed by atoms with Crippen LogP contribution in [0.5, 0.6) is 11.5 Å². The maximum Gasteiger partial charge on any atom is 0.254 e. The summed E-state index contributed by atoms with van der Waals surface area (Å²) in [5.74, 6) is 1.11. The lowest BCUT2D eigenvalue weighted by atomic mass is 10.0. The number of nitrogens with one attached hydrogen (secondary N) is 1. The fourth-order valence-electron chi connectivity index (χ4n) is 2.84. The Balaban J connectivity index is 1.92. The third-order valence-electron chi connectivity index (χ3n) is 4.28. The first-order chi connectivity index (χ1) is 12.1. The van der Waals surface area contributed by atoms with Crippen molar-refractivity contribution in [2.75, 3.05) is 41.0 Å². The number of likely N-dealkylation sites (tertiary alicyclic amines) is 1. The van der Waals surface area contributed by atoms with Gasteiger partial charge in [0.2, 0.25) is 5.91 Å². The van der Waals surface area contributed by atoms with Gasteiger partial charge in [-0.15, -0.1) is 0 Å². The van der Waals surface area contributed by atoms with Crippen LogP contribution in [0.25, 0.3) is 0 Å². The lowest BCUT2D eigenvalue weighted by Crippen LogP contribution is -2.46. The summed E-state index contributed by atoms with van der Waals surface area (Å²) in [6, 6.07) is 5.26. The smallest absolute Gasteiger partial charge is 0.254 e. The third kappa shape index (κ3) is 5.35. The van der Waals surface area contributed by atoms with Crippen LogP contribution in [0.15, 0.2) is 18.2 Å². The number of nitrogens with zero attached hydrogens (tertiary/aromatic N) is 1. The first-order valence-corrected chi connectivity index (χ1v) is 8.38. The first kappa shape index (κ1) is 19.1. The van der Waals surface area contributed by atoms with Crippen molar-refractivity contribution in [1.29, 1.82) is 0 Å². The van der Waals surface area contributed by atoms with Gasteiger partial charge in [0.25, 0.3) is 5.91 Å². The van der Waals surface area contributed by atoms with Crippen molar-refractivity contribution in [2.24, 2.45) is 0 Å². The number of piperidine rings is 1. The van der Waals surface area contributed by atoms with E-state index in [0.29, 0.717) is 43.2 Å². The summed E-state index contributed by atoms with van der Waals surface area (Å²) in [7, 11) is 4.69. The highest BCUT2D eigenvalue weighted by Gasteiger charge is 2.25. The number of carbonyl (C=O) groups is 2. The Hall–Kier alpha value is -2.28. The second-order valence-electron chi connectivity index (χ2n) is 5.98. The van der Waals surface area contributed by atoms with Crippen molar-refractivity contribution < 1.29 is 23.8 Å². The molecule has 0 bridgehead atoms. The Morgan fingerprint density at radius 1 is 1.08 bits per heavy atom. The summed E-state index contributed by atoms with van der Waals surface area (Å²) >= 11 is 0. The van der Waals surface area contributed by atoms with Crippen LogP contribution in [-0.4, -0.2) is 63.8 Å². The number of carbonyl (C=O) groups excluding carboxylic acids is 2. The van der Waals surface area contributed by atoms with E-state index in [1.54, 1.807) is 44.4 Å². The largest absolute Gasteiger partial charge is 0.497 e. The van der Waals surface area contributed by atoms with Crippen molar-refractivity contribution in [3.05, 3.63) is 23.8 Å². The minimum atomic E-state index is -0.0543. The van der Waals surface area contributed by atoms with E-state index in [4.69, 9.17) is 14.2 Å². The zero-order chi connectivity index (χ0) is 18.2. The topological polar surface area (TPSA) is 77.1 Å². The Morgan fingerprint density at radius 3 is 2.20 bits per heavy atom. The Bertz CT molecular complexity index is 575. The molecule has 138 valence electrons. The highest BCUT2D eigenvalue weighted by atomic mass is 16.5. The molecule has 1 aromatic carbocycles. The number of hydrogen-bond acceptors (Lipinski definition) is 5. The highest BCUT2D eigenvalue weighted by Crippen LogP contribution is 2.24. The number of ether oxygens (including phenoxy) is 3. The second kappa shape index (κ2) is 9.27. The molecule has 0 aromatic heterocycles. The van der Waals surface area contributed by atoms with Crippen molar-refractivity contribution in [3.8, 4) is 11.5 Å². The van der Waals surface area contributed by atoms with Gasteiger partial charge in [-0.2, -0.15) is 0 Å². The minimum absolute atomic E-state index is 0.0100. The molecule has 2 amide bonds. The molecule has 25 heavy (non-hydrogen) atoms. The molecule has 1 N–H and O–H groups in total. The fraction of sp³-hybridized carbons (Fsp3) is 0.556. The number of benzene rings is 1. The third-order valence-corrected chi connectivity index (χ3v) is 4.28. The van der Waals surface area contributed by atoms with E-state index >= 15 is 0 Å². The average molecular weight is 350 g/mol. The van der Waals surface area contributed by atoms with Crippen LogP contribution >= 0.6 is 0 Å². The molecule has 7 nitrogen and oxygen atoms in total. The number of methoxy groups -OCH3 is 3. The molecule has 1 aromatic rings. The summed E-state index contributed by atoms with van der Waals surface area (Å²) in [4.78, 5) is 26.3. The zero-order valence-electron chi connectivity index (χ0n) is 15.0. The molecule has 0 saturated carbocycles. The van der Waals surface area contributed by atoms with E-state index in [2.05, 4.69) is 5.32 Å². The van der Waals surface area contributed by atoms with E-state index in [0.717, 1.165) is 12.8 Å². The van der Waals surface area contributed by atoms with Crippen molar-refractivity contribution >= 4 is 11.8 Å². The van der Waals surface area contributed by atoms with Gasteiger partial charge in [-0.25, -0.2) is 0 Å². The molecule has 0 atom stereocenters. The number of hydrogen-bond donors (Lipinski definition) is 1. The van der Waals surface area contributed by atoms with Gasteiger partial charge in [0.15, 0.2) is 0 Å². The van der Waals surface area contributed by atoms with Crippen molar-refractivity contribution in [2.45, 2.75) is 25.3 Å². The first-order valence-electron chi connectivity index (χ1n) is 8.38. The fourth-order valence-corrected chi connectivity index (χ4v) is 2.84. The van der Waals surface area contributed by atoms with Crippen molar-refractivity contribution in [1.82, 2.24) is 10.2 Å². The minimum Gasteiger partial charge on any atom is -0.497 e. The van der Waals surface area contributed by atoms with E-state index in [1.165, 1.54) is 0 Å². The lowest BCUT2D eigenvalue weighted by molar-refractivity contribution is -0.122. The number of amides is 2. The van der Waals surface area contributed by atoms with Crippen LogP contribution in [0.4, 0.5) is 0 Å². The van der Waals surface area contributed by atoms with E-state index in [9.17, 15) is 9.59 Å². The van der Waals surface area contributed by atoms with Gasteiger partial charge in [-0.1, -0.05) is 0 Å². The average Bonchev–Trinajstić information content (AvgIpc) is 2.65. The summed E-state index contributed by atoms with van der Waals surface area (Å²) < 4.78 is 15.3. The normalized spacial score (nSPS) is 14.9. The van der Waals surface area contributed by atoms with Gasteiger partial charge in [-0.3, -0.25) is 9.59 Å². The molecule has 2 rings (SSSR count). The molecule has 0 radical (unpaired) electrons. The predicted octanol–water partition coefficient (Wildman–Crippen LogP) is 1.46. The van der Waals surface area contributed by atoms with Crippen molar-refractivity contribution in [3.63, 3.8) is 0 Å². The van der Waals surface area contributed by atoms with Crippen LogP contribution in [0.3, 0.4) is 0 Å². The molecule has 1 heterocycles. The molecule has 0 spiro atoms. The van der Waals surface area contributed by atoms with Gasteiger partial charge in [-0.05, 0) is 25.0 Å². The van der Waals surface area contributed by atoms with E-state index < -0.39 is 0 Å².